The minimum atomic E-state index is -0.528. The molecule has 0 radical (unpaired) electrons. The number of anilines is 1. The van der Waals surface area contributed by atoms with Crippen molar-refractivity contribution in [2.24, 2.45) is 5.73 Å². The molecule has 4 nitrogen and oxygen atoms in total. The molecule has 0 saturated heterocycles. The zero-order chi connectivity index (χ0) is 13.8. The number of hydrogen-bond acceptors (Lipinski definition) is 3. The minimum absolute atomic E-state index is 0.323. The summed E-state index contributed by atoms with van der Waals surface area (Å²) < 4.78 is 0. The van der Waals surface area contributed by atoms with E-state index in [9.17, 15) is 4.79 Å². The van der Waals surface area contributed by atoms with Gasteiger partial charge in [-0.15, -0.1) is 0 Å². The summed E-state index contributed by atoms with van der Waals surface area (Å²) >= 11 is 5.97. The van der Waals surface area contributed by atoms with Crippen molar-refractivity contribution in [2.75, 3.05) is 5.32 Å². The minimum Gasteiger partial charge on any atom is -0.381 e. The average Bonchev–Trinajstić information content (AvgIpc) is 2.37. The molecule has 0 fully saturated rings. The molecule has 1 aromatic heterocycles. The third-order valence-corrected chi connectivity index (χ3v) is 3.02. The zero-order valence-corrected chi connectivity index (χ0v) is 11.2. The van der Waals surface area contributed by atoms with E-state index in [2.05, 4.69) is 10.3 Å². The fraction of sp³-hybridized carbons (Fsp3) is 0.143. The lowest BCUT2D eigenvalue weighted by molar-refractivity contribution is 0.100. The zero-order valence-electron chi connectivity index (χ0n) is 10.5. The van der Waals surface area contributed by atoms with Crippen LogP contribution in [0.15, 0.2) is 36.5 Å². The lowest BCUT2D eigenvalue weighted by Crippen LogP contribution is -2.11. The largest absolute Gasteiger partial charge is 0.381 e. The Morgan fingerprint density at radius 3 is 2.74 bits per heavy atom. The predicted octanol–water partition coefficient (Wildman–Crippen LogP) is 2.75. The quantitative estimate of drug-likeness (QED) is 0.901. The number of carbonyl (C=O) groups is 1. The molecule has 1 amide bonds. The highest BCUT2D eigenvalue weighted by molar-refractivity contribution is 6.34. The maximum absolute atomic E-state index is 11.1. The second kappa shape index (κ2) is 5.71. The van der Waals surface area contributed by atoms with Crippen LogP contribution in [0.25, 0.3) is 0 Å². The molecule has 1 aromatic carbocycles. The van der Waals surface area contributed by atoms with Crippen molar-refractivity contribution in [3.63, 3.8) is 0 Å². The number of nitrogens with two attached hydrogens (primary N) is 1. The second-order valence-corrected chi connectivity index (χ2v) is 4.63. The summed E-state index contributed by atoms with van der Waals surface area (Å²) in [6.07, 6.45) is 1.82. The van der Waals surface area contributed by atoms with Crippen LogP contribution in [0, 0.1) is 6.92 Å². The molecule has 98 valence electrons. The van der Waals surface area contributed by atoms with Crippen LogP contribution in [0.3, 0.4) is 0 Å². The van der Waals surface area contributed by atoms with Crippen molar-refractivity contribution in [3.05, 3.63) is 58.4 Å². The Kier molecular flexibility index (Phi) is 4.02. The first kappa shape index (κ1) is 13.4. The maximum Gasteiger partial charge on any atom is 0.250 e. The molecule has 19 heavy (non-hydrogen) atoms. The van der Waals surface area contributed by atoms with Crippen LogP contribution in [0.2, 0.25) is 5.02 Å². The smallest absolute Gasteiger partial charge is 0.250 e. The van der Waals surface area contributed by atoms with Crippen LogP contribution in [-0.4, -0.2) is 10.9 Å². The van der Waals surface area contributed by atoms with Crippen LogP contribution < -0.4 is 11.1 Å². The molecule has 3 N–H and O–H groups in total. The van der Waals surface area contributed by atoms with E-state index >= 15 is 0 Å². The Bertz CT molecular complexity index is 596. The third-order valence-electron chi connectivity index (χ3n) is 2.70. The van der Waals surface area contributed by atoms with Gasteiger partial charge in [0, 0.05) is 24.1 Å². The van der Waals surface area contributed by atoms with Crippen molar-refractivity contribution < 1.29 is 4.79 Å². The molecule has 1 heterocycles. The maximum atomic E-state index is 11.1. The monoisotopic (exact) mass is 275 g/mol. The predicted molar refractivity (Wildman–Crippen MR) is 76.3 cm³/mol. The van der Waals surface area contributed by atoms with Gasteiger partial charge in [-0.05, 0) is 36.8 Å². The Morgan fingerprint density at radius 1 is 1.37 bits per heavy atom. The Morgan fingerprint density at radius 2 is 2.16 bits per heavy atom. The summed E-state index contributed by atoms with van der Waals surface area (Å²) in [4.78, 5) is 15.3. The van der Waals surface area contributed by atoms with Crippen LogP contribution in [-0.2, 0) is 6.54 Å². The van der Waals surface area contributed by atoms with Gasteiger partial charge in [-0.25, -0.2) is 0 Å². The number of nitrogens with one attached hydrogen (secondary N) is 1. The van der Waals surface area contributed by atoms with E-state index in [4.69, 9.17) is 17.3 Å². The van der Waals surface area contributed by atoms with Gasteiger partial charge in [-0.3, -0.25) is 9.78 Å². The normalized spacial score (nSPS) is 10.2. The first-order valence-corrected chi connectivity index (χ1v) is 6.19. The summed E-state index contributed by atoms with van der Waals surface area (Å²) in [5.74, 6) is -0.528. The molecular weight excluding hydrogens is 262 g/mol. The van der Waals surface area contributed by atoms with E-state index in [1.54, 1.807) is 18.2 Å². The Hall–Kier alpha value is -2.07. The summed E-state index contributed by atoms with van der Waals surface area (Å²) in [6.45, 7) is 2.58. The highest BCUT2D eigenvalue weighted by Crippen LogP contribution is 2.21. The third kappa shape index (κ3) is 3.45. The second-order valence-electron chi connectivity index (χ2n) is 4.22. The number of pyridine rings is 1. The average molecular weight is 276 g/mol. The van der Waals surface area contributed by atoms with Gasteiger partial charge in [-0.1, -0.05) is 17.7 Å². The standard InChI is InChI=1S/C14H14ClN3O/c1-9-2-3-10(7-17-9)8-18-11-4-5-12(14(16)19)13(15)6-11/h2-7,18H,8H2,1H3,(H2,16,19). The molecule has 0 aliphatic carbocycles. The van der Waals surface area contributed by atoms with Crippen LogP contribution in [0.5, 0.6) is 0 Å². The number of halogens is 1. The van der Waals surface area contributed by atoms with Gasteiger partial charge < -0.3 is 11.1 Å². The molecule has 0 unspecified atom stereocenters. The first-order chi connectivity index (χ1) is 9.06. The number of benzene rings is 1. The highest BCUT2D eigenvalue weighted by atomic mass is 35.5. The van der Waals surface area contributed by atoms with Crippen molar-refractivity contribution >= 4 is 23.2 Å². The van der Waals surface area contributed by atoms with Gasteiger partial charge in [-0.2, -0.15) is 0 Å². The van der Waals surface area contributed by atoms with E-state index in [-0.39, 0.29) is 0 Å². The van der Waals surface area contributed by atoms with Crippen molar-refractivity contribution in [1.82, 2.24) is 4.98 Å². The number of rotatable bonds is 4. The van der Waals surface area contributed by atoms with Gasteiger partial charge in [0.25, 0.3) is 0 Å². The fourth-order valence-corrected chi connectivity index (χ4v) is 1.91. The van der Waals surface area contributed by atoms with Crippen LogP contribution >= 0.6 is 11.6 Å². The molecular formula is C14H14ClN3O. The first-order valence-electron chi connectivity index (χ1n) is 5.81. The van der Waals surface area contributed by atoms with Gasteiger partial charge in [0.1, 0.15) is 0 Å². The molecule has 0 atom stereocenters. The number of nitrogens with zero attached hydrogens (tertiary/aromatic N) is 1. The van der Waals surface area contributed by atoms with Gasteiger partial charge in [0.15, 0.2) is 0 Å². The van der Waals surface area contributed by atoms with E-state index in [0.29, 0.717) is 17.1 Å². The molecule has 2 aromatic rings. The topological polar surface area (TPSA) is 68.0 Å². The number of carbonyl (C=O) groups excluding carboxylic acids is 1. The van der Waals surface area contributed by atoms with E-state index in [1.807, 2.05) is 25.3 Å². The van der Waals surface area contributed by atoms with Crippen molar-refractivity contribution in [3.8, 4) is 0 Å². The molecule has 0 saturated carbocycles. The number of hydrogen-bond donors (Lipinski definition) is 2. The van der Waals surface area contributed by atoms with Crippen LogP contribution in [0.4, 0.5) is 5.69 Å². The number of amides is 1. The Balaban J connectivity index is 2.06. The van der Waals surface area contributed by atoms with E-state index in [0.717, 1.165) is 16.9 Å². The van der Waals surface area contributed by atoms with E-state index in [1.165, 1.54) is 0 Å². The number of aromatic nitrogens is 1. The highest BCUT2D eigenvalue weighted by Gasteiger charge is 2.06. The molecule has 2 rings (SSSR count). The summed E-state index contributed by atoms with van der Waals surface area (Å²) in [6, 6.07) is 9.03. The SMILES string of the molecule is Cc1ccc(CNc2ccc(C(N)=O)c(Cl)c2)cn1. The van der Waals surface area contributed by atoms with Gasteiger partial charge in [0.2, 0.25) is 5.91 Å². The van der Waals surface area contributed by atoms with Gasteiger partial charge in [0.05, 0.1) is 10.6 Å². The molecule has 0 aliphatic rings. The number of aryl methyl sites for hydroxylation is 1. The number of primary amides is 1. The van der Waals surface area contributed by atoms with Crippen molar-refractivity contribution in [1.29, 1.82) is 0 Å². The van der Waals surface area contributed by atoms with E-state index < -0.39 is 5.91 Å². The summed E-state index contributed by atoms with van der Waals surface area (Å²) in [7, 11) is 0. The Labute approximate surface area is 116 Å². The fourth-order valence-electron chi connectivity index (χ4n) is 1.63. The molecule has 0 aliphatic heterocycles. The molecule has 0 bridgehead atoms. The molecule has 5 heteroatoms. The van der Waals surface area contributed by atoms with Crippen LogP contribution in [0.1, 0.15) is 21.6 Å². The summed E-state index contributed by atoms with van der Waals surface area (Å²) in [5, 5.41) is 3.56. The lowest BCUT2D eigenvalue weighted by atomic mass is 10.2. The van der Waals surface area contributed by atoms with Gasteiger partial charge >= 0.3 is 0 Å². The lowest BCUT2D eigenvalue weighted by Gasteiger charge is -2.08. The van der Waals surface area contributed by atoms with Crippen molar-refractivity contribution in [2.45, 2.75) is 13.5 Å². The summed E-state index contributed by atoms with van der Waals surface area (Å²) in [5.41, 5.74) is 8.40. The molecule has 0 spiro atoms.